The highest BCUT2D eigenvalue weighted by atomic mass is 35.5. The molecule has 0 unspecified atom stereocenters. The lowest BCUT2D eigenvalue weighted by Gasteiger charge is -2.07. The van der Waals surface area contributed by atoms with Crippen LogP contribution in [0.3, 0.4) is 0 Å². The summed E-state index contributed by atoms with van der Waals surface area (Å²) in [6.07, 6.45) is 0. The highest BCUT2D eigenvalue weighted by Crippen LogP contribution is 2.35. The van der Waals surface area contributed by atoms with Crippen molar-refractivity contribution in [2.75, 3.05) is 7.11 Å². The molecule has 0 bridgehead atoms. The lowest BCUT2D eigenvalue weighted by Crippen LogP contribution is -2.05. The SMILES string of the molecule is COC(=O)c1cc2c([nH]c3c(C)cccc32)c(-c2ccc(Cl)c(Cl)c2)n1. The fraction of sp³-hybridized carbons (Fsp3) is 0.100. The molecule has 0 saturated carbocycles. The molecule has 2 heterocycles. The Hall–Kier alpha value is -2.56. The Morgan fingerprint density at radius 1 is 1.04 bits per heavy atom. The second-order valence-corrected chi connectivity index (χ2v) is 6.84. The molecule has 4 rings (SSSR count). The average Bonchev–Trinajstić information content (AvgIpc) is 3.03. The quantitative estimate of drug-likeness (QED) is 0.445. The second-order valence-electron chi connectivity index (χ2n) is 6.02. The summed E-state index contributed by atoms with van der Waals surface area (Å²) in [5.41, 5.74) is 4.58. The molecule has 130 valence electrons. The Morgan fingerprint density at radius 2 is 1.85 bits per heavy atom. The van der Waals surface area contributed by atoms with Crippen molar-refractivity contribution in [2.24, 2.45) is 0 Å². The van der Waals surface area contributed by atoms with Gasteiger partial charge in [0.05, 0.1) is 28.4 Å². The summed E-state index contributed by atoms with van der Waals surface area (Å²) in [6, 6.07) is 13.1. The van der Waals surface area contributed by atoms with Crippen molar-refractivity contribution >= 4 is 51.0 Å². The fourth-order valence-corrected chi connectivity index (χ4v) is 3.43. The van der Waals surface area contributed by atoms with E-state index >= 15 is 0 Å². The molecule has 6 heteroatoms. The van der Waals surface area contributed by atoms with Gasteiger partial charge in [-0.2, -0.15) is 0 Å². The van der Waals surface area contributed by atoms with E-state index in [1.165, 1.54) is 7.11 Å². The summed E-state index contributed by atoms with van der Waals surface area (Å²) in [5, 5.41) is 2.81. The predicted octanol–water partition coefficient (Wildman–Crippen LogP) is 5.78. The van der Waals surface area contributed by atoms with Crippen molar-refractivity contribution < 1.29 is 9.53 Å². The number of H-pyrrole nitrogens is 1. The van der Waals surface area contributed by atoms with Crippen LogP contribution >= 0.6 is 23.2 Å². The van der Waals surface area contributed by atoms with Gasteiger partial charge in [0.2, 0.25) is 0 Å². The maximum atomic E-state index is 12.1. The van der Waals surface area contributed by atoms with E-state index < -0.39 is 5.97 Å². The van der Waals surface area contributed by atoms with Gasteiger partial charge in [-0.3, -0.25) is 0 Å². The minimum atomic E-state index is -0.491. The van der Waals surface area contributed by atoms with Crippen molar-refractivity contribution in [3.8, 4) is 11.3 Å². The van der Waals surface area contributed by atoms with Crippen LogP contribution in [0.1, 0.15) is 16.1 Å². The van der Waals surface area contributed by atoms with E-state index in [0.717, 1.165) is 32.9 Å². The van der Waals surface area contributed by atoms with Crippen LogP contribution in [-0.2, 0) is 4.74 Å². The standard InChI is InChI=1S/C20H14Cl2N2O2/c1-10-4-3-5-12-13-9-16(20(25)26-2)23-18(19(13)24-17(10)12)11-6-7-14(21)15(22)8-11/h3-9,24H,1-2H3. The normalized spacial score (nSPS) is 11.2. The fourth-order valence-electron chi connectivity index (χ4n) is 3.13. The third-order valence-electron chi connectivity index (χ3n) is 4.42. The first kappa shape index (κ1) is 16.9. The Kier molecular flexibility index (Phi) is 4.10. The van der Waals surface area contributed by atoms with Gasteiger partial charge < -0.3 is 9.72 Å². The molecule has 4 aromatic rings. The van der Waals surface area contributed by atoms with Crippen LogP contribution in [0.25, 0.3) is 33.1 Å². The molecular formula is C20H14Cl2N2O2. The number of benzene rings is 2. The van der Waals surface area contributed by atoms with Crippen LogP contribution < -0.4 is 0 Å². The first-order chi connectivity index (χ1) is 12.5. The second kappa shape index (κ2) is 6.31. The van der Waals surface area contributed by atoms with Gasteiger partial charge in [0.1, 0.15) is 5.69 Å². The van der Waals surface area contributed by atoms with Crippen LogP contribution in [-0.4, -0.2) is 23.0 Å². The zero-order chi connectivity index (χ0) is 18.4. The number of fused-ring (bicyclic) bond motifs is 3. The van der Waals surface area contributed by atoms with Crippen LogP contribution in [0.4, 0.5) is 0 Å². The molecule has 1 N–H and O–H groups in total. The molecule has 0 radical (unpaired) electrons. The van der Waals surface area contributed by atoms with Gasteiger partial charge in [0.25, 0.3) is 0 Å². The Bertz CT molecular complexity index is 1180. The van der Waals surface area contributed by atoms with Crippen LogP contribution in [0.15, 0.2) is 42.5 Å². The van der Waals surface area contributed by atoms with E-state index in [0.29, 0.717) is 15.7 Å². The van der Waals surface area contributed by atoms with Crippen molar-refractivity contribution in [1.29, 1.82) is 0 Å². The number of aryl methyl sites for hydroxylation is 1. The number of hydrogen-bond donors (Lipinski definition) is 1. The largest absolute Gasteiger partial charge is 0.464 e. The molecule has 0 aliphatic heterocycles. The molecule has 0 fully saturated rings. The molecule has 0 spiro atoms. The molecule has 0 aliphatic carbocycles. The lowest BCUT2D eigenvalue weighted by atomic mass is 10.1. The molecular weight excluding hydrogens is 371 g/mol. The number of para-hydroxylation sites is 1. The minimum Gasteiger partial charge on any atom is -0.464 e. The van der Waals surface area contributed by atoms with E-state index in [1.807, 2.05) is 31.2 Å². The number of carbonyl (C=O) groups excluding carboxylic acids is 1. The van der Waals surface area contributed by atoms with Crippen LogP contribution in [0.5, 0.6) is 0 Å². The Balaban J connectivity index is 2.12. The molecule has 4 nitrogen and oxygen atoms in total. The number of aromatic amines is 1. The zero-order valence-electron chi connectivity index (χ0n) is 14.1. The topological polar surface area (TPSA) is 55.0 Å². The summed E-state index contributed by atoms with van der Waals surface area (Å²) in [7, 11) is 1.34. The number of pyridine rings is 1. The first-order valence-corrected chi connectivity index (χ1v) is 8.71. The number of ether oxygens (including phenoxy) is 1. The number of carbonyl (C=O) groups is 1. The third-order valence-corrected chi connectivity index (χ3v) is 5.16. The molecule has 0 amide bonds. The highest BCUT2D eigenvalue weighted by Gasteiger charge is 2.18. The number of nitrogens with zero attached hydrogens (tertiary/aromatic N) is 1. The van der Waals surface area contributed by atoms with Crippen molar-refractivity contribution in [3.63, 3.8) is 0 Å². The van der Waals surface area contributed by atoms with Gasteiger partial charge in [-0.25, -0.2) is 9.78 Å². The molecule has 0 atom stereocenters. The monoisotopic (exact) mass is 384 g/mol. The van der Waals surface area contributed by atoms with Crippen LogP contribution in [0, 0.1) is 6.92 Å². The number of hydrogen-bond acceptors (Lipinski definition) is 3. The Morgan fingerprint density at radius 3 is 2.58 bits per heavy atom. The number of esters is 1. The maximum Gasteiger partial charge on any atom is 0.356 e. The van der Waals surface area contributed by atoms with Crippen molar-refractivity contribution in [1.82, 2.24) is 9.97 Å². The van der Waals surface area contributed by atoms with E-state index in [4.69, 9.17) is 27.9 Å². The van der Waals surface area contributed by atoms with Gasteiger partial charge in [-0.15, -0.1) is 0 Å². The zero-order valence-corrected chi connectivity index (χ0v) is 15.6. The van der Waals surface area contributed by atoms with E-state index in [1.54, 1.807) is 18.2 Å². The van der Waals surface area contributed by atoms with E-state index in [9.17, 15) is 4.79 Å². The van der Waals surface area contributed by atoms with Crippen LogP contribution in [0.2, 0.25) is 10.0 Å². The third kappa shape index (κ3) is 2.62. The summed E-state index contributed by atoms with van der Waals surface area (Å²) in [6.45, 7) is 2.03. The van der Waals surface area contributed by atoms with Gasteiger partial charge >= 0.3 is 5.97 Å². The number of methoxy groups -OCH3 is 1. The summed E-state index contributed by atoms with van der Waals surface area (Å²) < 4.78 is 4.87. The number of aromatic nitrogens is 2. The Labute approximate surface area is 159 Å². The molecule has 2 aromatic carbocycles. The molecule has 26 heavy (non-hydrogen) atoms. The number of nitrogens with one attached hydrogen (secondary N) is 1. The smallest absolute Gasteiger partial charge is 0.356 e. The van der Waals surface area contributed by atoms with Crippen molar-refractivity contribution in [3.05, 3.63) is 63.8 Å². The molecule has 0 aliphatic rings. The molecule has 0 saturated heterocycles. The van der Waals surface area contributed by atoms with Crippen molar-refractivity contribution in [2.45, 2.75) is 6.92 Å². The van der Waals surface area contributed by atoms with E-state index in [-0.39, 0.29) is 5.69 Å². The molecule has 2 aromatic heterocycles. The first-order valence-electron chi connectivity index (χ1n) is 7.95. The number of rotatable bonds is 2. The summed E-state index contributed by atoms with van der Waals surface area (Å²) in [5.74, 6) is -0.491. The number of halogens is 2. The summed E-state index contributed by atoms with van der Waals surface area (Å²) in [4.78, 5) is 20.1. The lowest BCUT2D eigenvalue weighted by molar-refractivity contribution is 0.0594. The predicted molar refractivity (Wildman–Crippen MR) is 105 cm³/mol. The van der Waals surface area contributed by atoms with E-state index in [2.05, 4.69) is 9.97 Å². The van der Waals surface area contributed by atoms with Gasteiger partial charge in [0.15, 0.2) is 0 Å². The average molecular weight is 385 g/mol. The van der Waals surface area contributed by atoms with Gasteiger partial charge in [-0.05, 0) is 30.7 Å². The van der Waals surface area contributed by atoms with Gasteiger partial charge in [0, 0.05) is 21.9 Å². The maximum absolute atomic E-state index is 12.1. The highest BCUT2D eigenvalue weighted by molar-refractivity contribution is 6.42. The summed E-state index contributed by atoms with van der Waals surface area (Å²) >= 11 is 12.2. The van der Waals surface area contributed by atoms with Gasteiger partial charge in [-0.1, -0.05) is 47.5 Å². The minimum absolute atomic E-state index is 0.239.